The maximum Gasteiger partial charge on any atom is 0.137 e. The van der Waals surface area contributed by atoms with Crippen molar-refractivity contribution in [1.82, 2.24) is 4.90 Å². The normalized spacial score (nSPS) is 12.3. The van der Waals surface area contributed by atoms with Gasteiger partial charge in [0, 0.05) is 5.39 Å². The Morgan fingerprint density at radius 1 is 1.00 bits per heavy atom. The molecular weight excluding hydrogens is 298 g/mol. The van der Waals surface area contributed by atoms with Crippen molar-refractivity contribution in [3.63, 3.8) is 0 Å². The van der Waals surface area contributed by atoms with E-state index < -0.39 is 0 Å². The highest BCUT2D eigenvalue weighted by atomic mass is 16.5. The summed E-state index contributed by atoms with van der Waals surface area (Å²) >= 11 is 0. The van der Waals surface area contributed by atoms with Crippen molar-refractivity contribution >= 4 is 17.1 Å². The average molecular weight is 319 g/mol. The molecule has 0 aromatic heterocycles. The SMILES string of the molecule is CN(C)[C@H](C=O)Cc1cccc(Oc2cccc3ccccc23)c1. The Kier molecular flexibility index (Phi) is 4.92. The minimum Gasteiger partial charge on any atom is -0.457 e. The number of nitrogens with zero attached hydrogens (tertiary/aromatic N) is 1. The Morgan fingerprint density at radius 2 is 1.75 bits per heavy atom. The first kappa shape index (κ1) is 16.2. The number of ether oxygens (including phenoxy) is 1. The maximum absolute atomic E-state index is 11.2. The lowest BCUT2D eigenvalue weighted by atomic mass is 10.1. The molecule has 3 heteroatoms. The van der Waals surface area contributed by atoms with Crippen LogP contribution in [-0.2, 0) is 11.2 Å². The van der Waals surface area contributed by atoms with E-state index in [-0.39, 0.29) is 6.04 Å². The fraction of sp³-hybridized carbons (Fsp3) is 0.190. The molecule has 24 heavy (non-hydrogen) atoms. The van der Waals surface area contributed by atoms with Crippen LogP contribution >= 0.6 is 0 Å². The number of hydrogen-bond donors (Lipinski definition) is 0. The molecule has 0 spiro atoms. The molecule has 3 aromatic rings. The number of rotatable bonds is 6. The van der Waals surface area contributed by atoms with E-state index in [0.29, 0.717) is 6.42 Å². The van der Waals surface area contributed by atoms with E-state index >= 15 is 0 Å². The second-order valence-electron chi connectivity index (χ2n) is 6.10. The van der Waals surface area contributed by atoms with Crippen molar-refractivity contribution in [2.75, 3.05) is 14.1 Å². The van der Waals surface area contributed by atoms with E-state index in [2.05, 4.69) is 18.2 Å². The van der Waals surface area contributed by atoms with Crippen LogP contribution in [0.25, 0.3) is 10.8 Å². The van der Waals surface area contributed by atoms with Gasteiger partial charge in [0.05, 0.1) is 6.04 Å². The molecule has 0 heterocycles. The molecule has 0 N–H and O–H groups in total. The van der Waals surface area contributed by atoms with Crippen LogP contribution in [0, 0.1) is 0 Å². The lowest BCUT2D eigenvalue weighted by Gasteiger charge is -2.18. The Bertz CT molecular complexity index is 837. The minimum atomic E-state index is -0.127. The van der Waals surface area contributed by atoms with Gasteiger partial charge in [-0.25, -0.2) is 0 Å². The molecule has 0 bridgehead atoms. The number of carbonyl (C=O) groups excluding carboxylic acids is 1. The summed E-state index contributed by atoms with van der Waals surface area (Å²) in [7, 11) is 3.82. The van der Waals surface area contributed by atoms with Crippen LogP contribution in [-0.4, -0.2) is 31.3 Å². The first-order valence-electron chi connectivity index (χ1n) is 8.03. The van der Waals surface area contributed by atoms with Gasteiger partial charge < -0.3 is 9.53 Å². The topological polar surface area (TPSA) is 29.5 Å². The van der Waals surface area contributed by atoms with Gasteiger partial charge in [0.15, 0.2) is 0 Å². The Morgan fingerprint density at radius 3 is 2.54 bits per heavy atom. The van der Waals surface area contributed by atoms with Crippen molar-refractivity contribution < 1.29 is 9.53 Å². The zero-order chi connectivity index (χ0) is 16.9. The van der Waals surface area contributed by atoms with Crippen LogP contribution < -0.4 is 4.74 Å². The van der Waals surface area contributed by atoms with Gasteiger partial charge in [-0.2, -0.15) is 0 Å². The van der Waals surface area contributed by atoms with E-state index in [1.54, 1.807) is 0 Å². The maximum atomic E-state index is 11.2. The molecule has 122 valence electrons. The smallest absolute Gasteiger partial charge is 0.137 e. The fourth-order valence-corrected chi connectivity index (χ4v) is 2.74. The van der Waals surface area contributed by atoms with Gasteiger partial charge in [0.2, 0.25) is 0 Å². The van der Waals surface area contributed by atoms with Crippen molar-refractivity contribution in [3.8, 4) is 11.5 Å². The van der Waals surface area contributed by atoms with Crippen molar-refractivity contribution in [3.05, 3.63) is 72.3 Å². The number of aldehydes is 1. The van der Waals surface area contributed by atoms with Crippen LogP contribution in [0.1, 0.15) is 5.56 Å². The summed E-state index contributed by atoms with van der Waals surface area (Å²) < 4.78 is 6.11. The third-order valence-electron chi connectivity index (χ3n) is 4.14. The Hall–Kier alpha value is -2.65. The van der Waals surface area contributed by atoms with Gasteiger partial charge in [-0.05, 0) is 49.7 Å². The zero-order valence-electron chi connectivity index (χ0n) is 14.0. The van der Waals surface area contributed by atoms with Gasteiger partial charge in [0.25, 0.3) is 0 Å². The van der Waals surface area contributed by atoms with Crippen LogP contribution in [0.15, 0.2) is 66.7 Å². The highest BCUT2D eigenvalue weighted by Crippen LogP contribution is 2.30. The van der Waals surface area contributed by atoms with Crippen LogP contribution in [0.3, 0.4) is 0 Å². The second kappa shape index (κ2) is 7.28. The molecule has 1 atom stereocenters. The van der Waals surface area contributed by atoms with Gasteiger partial charge in [-0.3, -0.25) is 4.90 Å². The van der Waals surface area contributed by atoms with Gasteiger partial charge >= 0.3 is 0 Å². The highest BCUT2D eigenvalue weighted by Gasteiger charge is 2.11. The third-order valence-corrected chi connectivity index (χ3v) is 4.14. The number of hydrogen-bond acceptors (Lipinski definition) is 3. The number of likely N-dealkylation sites (N-methyl/N-ethyl adjacent to an activating group) is 1. The van der Waals surface area contributed by atoms with Crippen molar-refractivity contribution in [2.24, 2.45) is 0 Å². The number of carbonyl (C=O) groups is 1. The molecule has 0 fully saturated rings. The predicted octanol–water partition coefficient (Wildman–Crippen LogP) is 4.30. The lowest BCUT2D eigenvalue weighted by molar-refractivity contribution is -0.111. The van der Waals surface area contributed by atoms with Crippen molar-refractivity contribution in [1.29, 1.82) is 0 Å². The second-order valence-corrected chi connectivity index (χ2v) is 6.10. The van der Waals surface area contributed by atoms with Crippen molar-refractivity contribution in [2.45, 2.75) is 12.5 Å². The summed E-state index contributed by atoms with van der Waals surface area (Å²) in [6, 6.07) is 22.0. The Balaban J connectivity index is 1.85. The molecule has 0 radical (unpaired) electrons. The summed E-state index contributed by atoms with van der Waals surface area (Å²) in [4.78, 5) is 13.1. The summed E-state index contributed by atoms with van der Waals surface area (Å²) in [6.45, 7) is 0. The fourth-order valence-electron chi connectivity index (χ4n) is 2.74. The van der Waals surface area contributed by atoms with Crippen LogP contribution in [0.2, 0.25) is 0 Å². The van der Waals surface area contributed by atoms with Gasteiger partial charge in [-0.1, -0.05) is 48.5 Å². The molecule has 3 nitrogen and oxygen atoms in total. The Labute approximate surface area is 142 Å². The van der Waals surface area contributed by atoms with E-state index in [4.69, 9.17) is 4.74 Å². The van der Waals surface area contributed by atoms with Gasteiger partial charge in [-0.15, -0.1) is 0 Å². The molecule has 3 aromatic carbocycles. The lowest BCUT2D eigenvalue weighted by Crippen LogP contribution is -2.31. The molecule has 0 aliphatic carbocycles. The summed E-state index contributed by atoms with van der Waals surface area (Å²) in [5.74, 6) is 1.62. The molecule has 0 unspecified atom stereocenters. The molecule has 3 rings (SSSR count). The number of fused-ring (bicyclic) bond motifs is 1. The first-order chi connectivity index (χ1) is 11.7. The van der Waals surface area contributed by atoms with E-state index in [0.717, 1.165) is 34.1 Å². The van der Waals surface area contributed by atoms with E-state index in [1.807, 2.05) is 67.5 Å². The predicted molar refractivity (Wildman–Crippen MR) is 97.7 cm³/mol. The molecule has 0 aliphatic heterocycles. The van der Waals surface area contributed by atoms with Crippen LogP contribution in [0.5, 0.6) is 11.5 Å². The largest absolute Gasteiger partial charge is 0.457 e. The molecule has 0 aliphatic rings. The molecule has 0 saturated carbocycles. The summed E-state index contributed by atoms with van der Waals surface area (Å²) in [5.41, 5.74) is 1.08. The van der Waals surface area contributed by atoms with Gasteiger partial charge in [0.1, 0.15) is 17.8 Å². The highest BCUT2D eigenvalue weighted by molar-refractivity contribution is 5.88. The molecule has 0 saturated heterocycles. The number of benzene rings is 3. The molecular formula is C21H21NO2. The monoisotopic (exact) mass is 319 g/mol. The van der Waals surface area contributed by atoms with E-state index in [9.17, 15) is 4.79 Å². The molecule has 0 amide bonds. The minimum absolute atomic E-state index is 0.127. The zero-order valence-corrected chi connectivity index (χ0v) is 14.0. The first-order valence-corrected chi connectivity index (χ1v) is 8.03. The quantitative estimate of drug-likeness (QED) is 0.634. The van der Waals surface area contributed by atoms with E-state index in [1.165, 1.54) is 0 Å². The third kappa shape index (κ3) is 3.63. The summed E-state index contributed by atoms with van der Waals surface area (Å²) in [5, 5.41) is 2.24. The standard InChI is InChI=1S/C21H21NO2/c1-22(2)18(15-23)13-16-7-5-10-19(14-16)24-21-12-6-9-17-8-3-4-11-20(17)21/h3-12,14-15,18H,13H2,1-2H3/t18-/m0/s1. The van der Waals surface area contributed by atoms with Crippen LogP contribution in [0.4, 0.5) is 0 Å². The summed E-state index contributed by atoms with van der Waals surface area (Å²) in [6.07, 6.45) is 1.65. The average Bonchev–Trinajstić information content (AvgIpc) is 2.60.